The zero-order chi connectivity index (χ0) is 18.8. The quantitative estimate of drug-likeness (QED) is 0.848. The van der Waals surface area contributed by atoms with Gasteiger partial charge in [-0.25, -0.2) is 4.98 Å². The highest BCUT2D eigenvalue weighted by molar-refractivity contribution is 5.74. The molecule has 0 unspecified atom stereocenters. The summed E-state index contributed by atoms with van der Waals surface area (Å²) in [6.45, 7) is 6.14. The molecule has 0 atom stereocenters. The van der Waals surface area contributed by atoms with Crippen LogP contribution < -0.4 is 15.1 Å². The van der Waals surface area contributed by atoms with Gasteiger partial charge < -0.3 is 20.0 Å². The minimum absolute atomic E-state index is 0.0297. The molecule has 0 spiro atoms. The van der Waals surface area contributed by atoms with Crippen molar-refractivity contribution in [2.45, 2.75) is 45.7 Å². The number of hydrogen-bond acceptors (Lipinski definition) is 6. The largest absolute Gasteiger partial charge is 0.356 e. The Morgan fingerprint density at radius 1 is 1.12 bits per heavy atom. The van der Waals surface area contributed by atoms with Crippen molar-refractivity contribution >= 4 is 23.6 Å². The zero-order valence-electron chi connectivity index (χ0n) is 16.1. The summed E-state index contributed by atoms with van der Waals surface area (Å²) < 4.78 is 0. The molecule has 1 N–H and O–H groups in total. The first-order chi connectivity index (χ1) is 12.3. The van der Waals surface area contributed by atoms with Gasteiger partial charge in [0.1, 0.15) is 5.82 Å². The molecule has 2 amide bonds. The molecule has 8 heteroatoms. The van der Waals surface area contributed by atoms with E-state index in [0.29, 0.717) is 19.0 Å². The van der Waals surface area contributed by atoms with Crippen LogP contribution in [0.25, 0.3) is 0 Å². The van der Waals surface area contributed by atoms with Crippen molar-refractivity contribution in [3.63, 3.8) is 0 Å². The molecule has 1 saturated heterocycles. The van der Waals surface area contributed by atoms with Crippen molar-refractivity contribution in [2.75, 3.05) is 43.5 Å². The number of fused-ring (bicyclic) bond motifs is 1. The lowest BCUT2D eigenvalue weighted by Gasteiger charge is -2.36. The maximum Gasteiger partial charge on any atom is 0.227 e. The van der Waals surface area contributed by atoms with Gasteiger partial charge in [0.25, 0.3) is 0 Å². The van der Waals surface area contributed by atoms with Crippen LogP contribution in [0.3, 0.4) is 0 Å². The fourth-order valence-electron chi connectivity index (χ4n) is 3.65. The summed E-state index contributed by atoms with van der Waals surface area (Å²) in [5, 5.41) is 3.01. The molecule has 0 aliphatic carbocycles. The molecule has 1 fully saturated rings. The fraction of sp³-hybridized carbons (Fsp3) is 0.667. The first kappa shape index (κ1) is 18.4. The van der Waals surface area contributed by atoms with Gasteiger partial charge in [-0.1, -0.05) is 0 Å². The summed E-state index contributed by atoms with van der Waals surface area (Å²) in [6, 6.07) is 0.239. The minimum atomic E-state index is 0.0297. The van der Waals surface area contributed by atoms with E-state index in [1.54, 1.807) is 13.8 Å². The normalized spacial score (nSPS) is 17.7. The Morgan fingerprint density at radius 3 is 2.38 bits per heavy atom. The second-order valence-corrected chi connectivity index (χ2v) is 7.32. The zero-order valence-corrected chi connectivity index (χ0v) is 16.1. The molecule has 0 bridgehead atoms. The Morgan fingerprint density at radius 2 is 1.81 bits per heavy atom. The highest BCUT2D eigenvalue weighted by atomic mass is 16.2. The van der Waals surface area contributed by atoms with Gasteiger partial charge in [-0.2, -0.15) is 4.98 Å². The number of rotatable bonds is 3. The standard InChI is InChI=1S/C18H28N6O2/c1-12(25)19-14-5-8-23(9-6-14)17-15-7-10-24(13(2)26)11-16(15)20-18(21-17)22(3)4/h14H,5-11H2,1-4H3,(H,19,25). The highest BCUT2D eigenvalue weighted by Gasteiger charge is 2.28. The SMILES string of the molecule is CC(=O)NC1CCN(c2nc(N(C)C)nc3c2CCN(C(C)=O)C3)CC1. The van der Waals surface area contributed by atoms with E-state index in [-0.39, 0.29) is 17.9 Å². The third-order valence-corrected chi connectivity index (χ3v) is 5.08. The lowest BCUT2D eigenvalue weighted by Crippen LogP contribution is -2.45. The molecule has 3 rings (SSSR count). The van der Waals surface area contributed by atoms with Gasteiger partial charge in [-0.15, -0.1) is 0 Å². The minimum Gasteiger partial charge on any atom is -0.356 e. The van der Waals surface area contributed by atoms with Crippen LogP contribution in [0.5, 0.6) is 0 Å². The summed E-state index contributed by atoms with van der Waals surface area (Å²) >= 11 is 0. The van der Waals surface area contributed by atoms with E-state index >= 15 is 0 Å². The third-order valence-electron chi connectivity index (χ3n) is 5.08. The molecule has 142 valence electrons. The summed E-state index contributed by atoms with van der Waals surface area (Å²) in [5.74, 6) is 1.77. The van der Waals surface area contributed by atoms with Crippen molar-refractivity contribution in [2.24, 2.45) is 0 Å². The van der Waals surface area contributed by atoms with E-state index in [1.807, 2.05) is 23.9 Å². The molecule has 26 heavy (non-hydrogen) atoms. The number of piperidine rings is 1. The fourth-order valence-corrected chi connectivity index (χ4v) is 3.65. The van der Waals surface area contributed by atoms with Crippen LogP contribution in [0.4, 0.5) is 11.8 Å². The predicted molar refractivity (Wildman–Crippen MR) is 100 cm³/mol. The summed E-state index contributed by atoms with van der Waals surface area (Å²) in [7, 11) is 3.86. The van der Waals surface area contributed by atoms with E-state index in [1.165, 1.54) is 0 Å². The molecule has 0 saturated carbocycles. The number of carbonyl (C=O) groups is 2. The number of nitrogens with zero attached hydrogens (tertiary/aromatic N) is 5. The number of carbonyl (C=O) groups excluding carboxylic acids is 2. The number of amides is 2. The van der Waals surface area contributed by atoms with Gasteiger partial charge in [0.2, 0.25) is 17.8 Å². The van der Waals surface area contributed by atoms with Crippen LogP contribution in [0.1, 0.15) is 37.9 Å². The summed E-state index contributed by atoms with van der Waals surface area (Å²) in [5.41, 5.74) is 2.11. The highest BCUT2D eigenvalue weighted by Crippen LogP contribution is 2.30. The van der Waals surface area contributed by atoms with Crippen molar-refractivity contribution in [1.82, 2.24) is 20.2 Å². The van der Waals surface area contributed by atoms with E-state index in [4.69, 9.17) is 9.97 Å². The van der Waals surface area contributed by atoms with Gasteiger partial charge in [-0.3, -0.25) is 9.59 Å². The van der Waals surface area contributed by atoms with Crippen LogP contribution in [0.15, 0.2) is 0 Å². The van der Waals surface area contributed by atoms with Crippen molar-refractivity contribution in [1.29, 1.82) is 0 Å². The van der Waals surface area contributed by atoms with Gasteiger partial charge in [0.05, 0.1) is 12.2 Å². The Hall–Kier alpha value is -2.38. The monoisotopic (exact) mass is 360 g/mol. The predicted octanol–water partition coefficient (Wildman–Crippen LogP) is 0.552. The molecule has 1 aromatic rings. The Labute approximate surface area is 154 Å². The molecular weight excluding hydrogens is 332 g/mol. The maximum absolute atomic E-state index is 11.8. The van der Waals surface area contributed by atoms with Crippen LogP contribution in [-0.2, 0) is 22.6 Å². The molecule has 0 aromatic carbocycles. The average Bonchev–Trinajstić information content (AvgIpc) is 2.60. The number of aromatic nitrogens is 2. The number of anilines is 2. The summed E-state index contributed by atoms with van der Waals surface area (Å²) in [6.07, 6.45) is 2.61. The van der Waals surface area contributed by atoms with Crippen LogP contribution in [-0.4, -0.2) is 66.5 Å². The molecular formula is C18H28N6O2. The van der Waals surface area contributed by atoms with Crippen molar-refractivity contribution in [3.8, 4) is 0 Å². The molecule has 2 aliphatic heterocycles. The van der Waals surface area contributed by atoms with E-state index in [2.05, 4.69) is 10.2 Å². The van der Waals surface area contributed by atoms with Crippen LogP contribution in [0.2, 0.25) is 0 Å². The van der Waals surface area contributed by atoms with Crippen molar-refractivity contribution in [3.05, 3.63) is 11.3 Å². The smallest absolute Gasteiger partial charge is 0.227 e. The third kappa shape index (κ3) is 3.89. The second kappa shape index (κ2) is 7.47. The van der Waals surface area contributed by atoms with Gasteiger partial charge in [-0.05, 0) is 19.3 Å². The Kier molecular flexibility index (Phi) is 5.29. The van der Waals surface area contributed by atoms with Crippen molar-refractivity contribution < 1.29 is 9.59 Å². The molecule has 2 aliphatic rings. The first-order valence-corrected chi connectivity index (χ1v) is 9.20. The second-order valence-electron chi connectivity index (χ2n) is 7.32. The van der Waals surface area contributed by atoms with E-state index < -0.39 is 0 Å². The van der Waals surface area contributed by atoms with Gasteiger partial charge >= 0.3 is 0 Å². The molecule has 0 radical (unpaired) electrons. The maximum atomic E-state index is 11.8. The summed E-state index contributed by atoms with van der Waals surface area (Å²) in [4.78, 5) is 38.6. The number of nitrogens with one attached hydrogen (secondary N) is 1. The molecule has 8 nitrogen and oxygen atoms in total. The van der Waals surface area contributed by atoms with Gasteiger partial charge in [0.15, 0.2) is 0 Å². The topological polar surface area (TPSA) is 81.7 Å². The lowest BCUT2D eigenvalue weighted by molar-refractivity contribution is -0.129. The molecule has 1 aromatic heterocycles. The average molecular weight is 360 g/mol. The first-order valence-electron chi connectivity index (χ1n) is 9.20. The Balaban J connectivity index is 1.85. The number of hydrogen-bond donors (Lipinski definition) is 1. The molecule has 3 heterocycles. The van der Waals surface area contributed by atoms with Gasteiger partial charge in [0, 0.05) is 59.2 Å². The van der Waals surface area contributed by atoms with E-state index in [9.17, 15) is 9.59 Å². The van der Waals surface area contributed by atoms with E-state index in [0.717, 1.165) is 49.4 Å². The van der Waals surface area contributed by atoms with Crippen LogP contribution in [0, 0.1) is 0 Å². The van der Waals surface area contributed by atoms with Crippen LogP contribution >= 0.6 is 0 Å². The Bertz CT molecular complexity index is 697. The lowest BCUT2D eigenvalue weighted by atomic mass is 10.0.